The maximum absolute atomic E-state index is 12.4. The third kappa shape index (κ3) is 3.02. The van der Waals surface area contributed by atoms with Gasteiger partial charge in [-0.15, -0.1) is 0 Å². The molecule has 1 aromatic rings. The van der Waals surface area contributed by atoms with Crippen LogP contribution in [-0.4, -0.2) is 10.8 Å². The Morgan fingerprint density at radius 2 is 2.06 bits per heavy atom. The second-order valence-electron chi connectivity index (χ2n) is 4.65. The standard InChI is InChI=1S/C15H19NO/c1-12-14(10-7-11-16-12)15(17)13-8-5-3-2-4-6-9-13/h7-8,10-11H,2-6,9H2,1H3/b13-8+. The molecule has 0 saturated carbocycles. The van der Waals surface area contributed by atoms with Crippen molar-refractivity contribution in [2.75, 3.05) is 0 Å². The highest BCUT2D eigenvalue weighted by molar-refractivity contribution is 6.09. The van der Waals surface area contributed by atoms with E-state index in [9.17, 15) is 4.79 Å². The largest absolute Gasteiger partial charge is 0.289 e. The van der Waals surface area contributed by atoms with Gasteiger partial charge < -0.3 is 0 Å². The van der Waals surface area contributed by atoms with Gasteiger partial charge in [-0.05, 0) is 50.3 Å². The molecule has 0 saturated heterocycles. The van der Waals surface area contributed by atoms with E-state index in [0.717, 1.165) is 36.1 Å². The van der Waals surface area contributed by atoms with E-state index >= 15 is 0 Å². The van der Waals surface area contributed by atoms with Crippen LogP contribution in [0.15, 0.2) is 30.0 Å². The number of pyridine rings is 1. The van der Waals surface area contributed by atoms with Crippen LogP contribution < -0.4 is 0 Å². The van der Waals surface area contributed by atoms with Gasteiger partial charge in [0, 0.05) is 17.5 Å². The Hall–Kier alpha value is -1.44. The van der Waals surface area contributed by atoms with Crippen LogP contribution in [0.25, 0.3) is 0 Å². The molecule has 2 rings (SSSR count). The van der Waals surface area contributed by atoms with Crippen LogP contribution in [-0.2, 0) is 0 Å². The number of Topliss-reactive ketones (excluding diaryl/α,β-unsaturated/α-hetero) is 1. The molecule has 17 heavy (non-hydrogen) atoms. The fourth-order valence-electron chi connectivity index (χ4n) is 2.30. The smallest absolute Gasteiger partial charge is 0.190 e. The van der Waals surface area contributed by atoms with Crippen molar-refractivity contribution in [2.45, 2.75) is 45.4 Å². The first-order chi connectivity index (χ1) is 8.29. The van der Waals surface area contributed by atoms with Crippen molar-refractivity contribution in [3.63, 3.8) is 0 Å². The minimum absolute atomic E-state index is 0.178. The molecule has 0 unspecified atom stereocenters. The molecule has 0 atom stereocenters. The number of aryl methyl sites for hydroxylation is 1. The van der Waals surface area contributed by atoms with E-state index in [1.165, 1.54) is 19.3 Å². The number of rotatable bonds is 2. The van der Waals surface area contributed by atoms with Crippen LogP contribution in [0.3, 0.4) is 0 Å². The van der Waals surface area contributed by atoms with Gasteiger partial charge in [0.05, 0.1) is 0 Å². The lowest BCUT2D eigenvalue weighted by molar-refractivity contribution is 0.102. The molecule has 0 amide bonds. The summed E-state index contributed by atoms with van der Waals surface area (Å²) in [5.74, 6) is 0.178. The summed E-state index contributed by atoms with van der Waals surface area (Å²) >= 11 is 0. The molecule has 1 heterocycles. The lowest BCUT2D eigenvalue weighted by Crippen LogP contribution is -2.07. The monoisotopic (exact) mass is 229 g/mol. The molecule has 0 spiro atoms. The quantitative estimate of drug-likeness (QED) is 0.721. The van der Waals surface area contributed by atoms with Gasteiger partial charge in [0.15, 0.2) is 5.78 Å². The Morgan fingerprint density at radius 3 is 2.88 bits per heavy atom. The van der Waals surface area contributed by atoms with Gasteiger partial charge in [-0.1, -0.05) is 18.9 Å². The normalized spacial score (nSPS) is 19.9. The van der Waals surface area contributed by atoms with Crippen molar-refractivity contribution < 1.29 is 4.79 Å². The molecule has 90 valence electrons. The molecule has 0 bridgehead atoms. The third-order valence-electron chi connectivity index (χ3n) is 3.33. The van der Waals surface area contributed by atoms with Gasteiger partial charge in [-0.3, -0.25) is 9.78 Å². The lowest BCUT2D eigenvalue weighted by atomic mass is 9.93. The topological polar surface area (TPSA) is 30.0 Å². The summed E-state index contributed by atoms with van der Waals surface area (Å²) in [5, 5.41) is 0. The minimum Gasteiger partial charge on any atom is -0.289 e. The van der Waals surface area contributed by atoms with Gasteiger partial charge in [0.25, 0.3) is 0 Å². The molecule has 0 radical (unpaired) electrons. The Bertz CT molecular complexity index is 434. The first-order valence-corrected chi connectivity index (χ1v) is 6.44. The zero-order valence-electron chi connectivity index (χ0n) is 10.4. The molecule has 0 aliphatic heterocycles. The van der Waals surface area contributed by atoms with Gasteiger partial charge in [0.2, 0.25) is 0 Å². The average molecular weight is 229 g/mol. The number of aromatic nitrogens is 1. The highest BCUT2D eigenvalue weighted by Gasteiger charge is 2.15. The summed E-state index contributed by atoms with van der Waals surface area (Å²) in [6, 6.07) is 3.72. The highest BCUT2D eigenvalue weighted by Crippen LogP contribution is 2.21. The molecule has 2 nitrogen and oxygen atoms in total. The molecule has 1 aliphatic carbocycles. The third-order valence-corrected chi connectivity index (χ3v) is 3.33. The molecule has 0 aromatic carbocycles. The zero-order valence-corrected chi connectivity index (χ0v) is 10.4. The van der Waals surface area contributed by atoms with Crippen LogP contribution in [0.1, 0.15) is 54.6 Å². The van der Waals surface area contributed by atoms with Gasteiger partial charge in [0.1, 0.15) is 0 Å². The summed E-state index contributed by atoms with van der Waals surface area (Å²) < 4.78 is 0. The Balaban J connectivity index is 2.21. The van der Waals surface area contributed by atoms with Crippen molar-refractivity contribution in [1.82, 2.24) is 4.98 Å². The fraction of sp³-hybridized carbons (Fsp3) is 0.467. The highest BCUT2D eigenvalue weighted by atomic mass is 16.1. The first kappa shape index (κ1) is 12.0. The van der Waals surface area contributed by atoms with Crippen LogP contribution in [0.5, 0.6) is 0 Å². The van der Waals surface area contributed by atoms with Gasteiger partial charge in [-0.25, -0.2) is 0 Å². The van der Waals surface area contributed by atoms with E-state index in [1.807, 2.05) is 19.1 Å². The molecule has 1 aromatic heterocycles. The number of carbonyl (C=O) groups is 1. The molecule has 2 heteroatoms. The van der Waals surface area contributed by atoms with E-state index in [0.29, 0.717) is 0 Å². The van der Waals surface area contributed by atoms with Crippen molar-refractivity contribution in [2.24, 2.45) is 0 Å². The summed E-state index contributed by atoms with van der Waals surface area (Å²) in [6.45, 7) is 1.90. The maximum Gasteiger partial charge on any atom is 0.190 e. The van der Waals surface area contributed by atoms with Crippen LogP contribution >= 0.6 is 0 Å². The van der Waals surface area contributed by atoms with E-state index in [-0.39, 0.29) is 5.78 Å². The molecular formula is C15H19NO. The van der Waals surface area contributed by atoms with Crippen molar-refractivity contribution in [3.8, 4) is 0 Å². The number of ketones is 1. The van der Waals surface area contributed by atoms with E-state index in [1.54, 1.807) is 6.20 Å². The number of nitrogens with zero attached hydrogens (tertiary/aromatic N) is 1. The predicted octanol–water partition coefficient (Wildman–Crippen LogP) is 3.85. The number of carbonyl (C=O) groups excluding carboxylic acids is 1. The first-order valence-electron chi connectivity index (χ1n) is 6.44. The Morgan fingerprint density at radius 1 is 1.24 bits per heavy atom. The number of hydrogen-bond donors (Lipinski definition) is 0. The molecular weight excluding hydrogens is 210 g/mol. The fourth-order valence-corrected chi connectivity index (χ4v) is 2.30. The van der Waals surface area contributed by atoms with E-state index in [2.05, 4.69) is 11.1 Å². The van der Waals surface area contributed by atoms with Crippen LogP contribution in [0, 0.1) is 6.92 Å². The van der Waals surface area contributed by atoms with Crippen molar-refractivity contribution >= 4 is 5.78 Å². The summed E-state index contributed by atoms with van der Waals surface area (Å²) in [5.41, 5.74) is 2.58. The molecule has 0 fully saturated rings. The number of allylic oxidation sites excluding steroid dienone is 2. The van der Waals surface area contributed by atoms with Crippen molar-refractivity contribution in [3.05, 3.63) is 41.2 Å². The second kappa shape index (κ2) is 5.76. The summed E-state index contributed by atoms with van der Waals surface area (Å²) in [4.78, 5) is 16.6. The zero-order chi connectivity index (χ0) is 12.1. The van der Waals surface area contributed by atoms with E-state index in [4.69, 9.17) is 0 Å². The lowest BCUT2D eigenvalue weighted by Gasteiger charge is -2.11. The Kier molecular flexibility index (Phi) is 4.08. The average Bonchev–Trinajstić information content (AvgIpc) is 2.28. The van der Waals surface area contributed by atoms with E-state index < -0.39 is 0 Å². The molecule has 0 N–H and O–H groups in total. The number of hydrogen-bond acceptors (Lipinski definition) is 2. The SMILES string of the molecule is Cc1ncccc1C(=O)/C1=C/CCCCCC1. The van der Waals surface area contributed by atoms with Gasteiger partial charge in [-0.2, -0.15) is 0 Å². The predicted molar refractivity (Wildman–Crippen MR) is 69.1 cm³/mol. The van der Waals surface area contributed by atoms with Crippen molar-refractivity contribution in [1.29, 1.82) is 0 Å². The van der Waals surface area contributed by atoms with Gasteiger partial charge >= 0.3 is 0 Å². The molecule has 1 aliphatic rings. The van der Waals surface area contributed by atoms with Crippen LogP contribution in [0.2, 0.25) is 0 Å². The maximum atomic E-state index is 12.4. The summed E-state index contributed by atoms with van der Waals surface area (Å²) in [7, 11) is 0. The summed E-state index contributed by atoms with van der Waals surface area (Å²) in [6.07, 6.45) is 10.7. The van der Waals surface area contributed by atoms with Crippen LogP contribution in [0.4, 0.5) is 0 Å². The minimum atomic E-state index is 0.178. The Labute approximate surface area is 103 Å². The second-order valence-corrected chi connectivity index (χ2v) is 4.65.